The molecule has 1 aromatic rings. The van der Waals surface area contributed by atoms with Crippen molar-refractivity contribution in [2.75, 3.05) is 6.26 Å². The molecular formula is C6H9N3OS. The summed E-state index contributed by atoms with van der Waals surface area (Å²) in [4.78, 5) is 0.435. The van der Waals surface area contributed by atoms with Crippen LogP contribution in [0.25, 0.3) is 0 Å². The summed E-state index contributed by atoms with van der Waals surface area (Å²) in [6, 6.07) is 1.61. The summed E-state index contributed by atoms with van der Waals surface area (Å²) in [5.41, 5.74) is 0.685. The van der Waals surface area contributed by atoms with Crippen LogP contribution in [0.2, 0.25) is 0 Å². The number of rotatable bonds is 1. The first kappa shape index (κ1) is 8.13. The lowest BCUT2D eigenvalue weighted by Gasteiger charge is -1.98. The number of hydrogen-bond acceptors (Lipinski definition) is 4. The van der Waals surface area contributed by atoms with Gasteiger partial charge in [0.05, 0.1) is 26.5 Å². The molecule has 0 spiro atoms. The van der Waals surface area contributed by atoms with Crippen molar-refractivity contribution in [2.24, 2.45) is 0 Å². The van der Waals surface area contributed by atoms with Crippen molar-refractivity contribution >= 4 is 9.73 Å². The standard InChI is InChI=1S/C6H9N3OS/c1-5-3-6(4-8-9-5)11(2,7)10/h3-4,7H,1-2H3. The van der Waals surface area contributed by atoms with Crippen LogP contribution in [-0.2, 0) is 9.73 Å². The average Bonchev–Trinajstić information content (AvgIpc) is 1.86. The second-order valence-corrected chi connectivity index (χ2v) is 4.53. The summed E-state index contributed by atoms with van der Waals surface area (Å²) in [5, 5.41) is 7.30. The van der Waals surface area contributed by atoms with Gasteiger partial charge in [0.1, 0.15) is 0 Å². The molecule has 1 atom stereocenters. The van der Waals surface area contributed by atoms with Crippen LogP contribution in [0.3, 0.4) is 0 Å². The lowest BCUT2D eigenvalue weighted by atomic mass is 10.4. The molecule has 0 saturated heterocycles. The highest BCUT2D eigenvalue weighted by Crippen LogP contribution is 2.06. The van der Waals surface area contributed by atoms with Gasteiger partial charge in [-0.1, -0.05) is 0 Å². The maximum Gasteiger partial charge on any atom is 0.0713 e. The molecule has 1 heterocycles. The second-order valence-electron chi connectivity index (χ2n) is 2.38. The minimum Gasteiger partial charge on any atom is -0.249 e. The Hall–Kier alpha value is -0.970. The summed E-state index contributed by atoms with van der Waals surface area (Å²) in [5.74, 6) is 0. The van der Waals surface area contributed by atoms with Gasteiger partial charge >= 0.3 is 0 Å². The Morgan fingerprint density at radius 1 is 1.64 bits per heavy atom. The zero-order chi connectivity index (χ0) is 8.48. The summed E-state index contributed by atoms with van der Waals surface area (Å²) in [6.07, 6.45) is 2.73. The largest absolute Gasteiger partial charge is 0.249 e. The first-order chi connectivity index (χ1) is 5.00. The van der Waals surface area contributed by atoms with E-state index in [1.807, 2.05) is 0 Å². The third-order valence-corrected chi connectivity index (χ3v) is 2.32. The Bertz CT molecular complexity index is 358. The van der Waals surface area contributed by atoms with Gasteiger partial charge in [-0.15, -0.1) is 0 Å². The number of nitrogens with zero attached hydrogens (tertiary/aromatic N) is 2. The molecular weight excluding hydrogens is 162 g/mol. The fourth-order valence-electron chi connectivity index (χ4n) is 0.662. The first-order valence-corrected chi connectivity index (χ1v) is 5.00. The van der Waals surface area contributed by atoms with Crippen LogP contribution in [0.4, 0.5) is 0 Å². The molecule has 11 heavy (non-hydrogen) atoms. The lowest BCUT2D eigenvalue weighted by molar-refractivity contribution is 0.678. The monoisotopic (exact) mass is 171 g/mol. The van der Waals surface area contributed by atoms with Gasteiger partial charge in [0, 0.05) is 6.26 Å². The number of aryl methyl sites for hydroxylation is 1. The topological polar surface area (TPSA) is 66.7 Å². The SMILES string of the molecule is Cc1cc(S(C)(=N)=O)cnn1. The van der Waals surface area contributed by atoms with Gasteiger partial charge in [-0.3, -0.25) is 0 Å². The van der Waals surface area contributed by atoms with Gasteiger partial charge in [-0.25, -0.2) is 8.99 Å². The number of aromatic nitrogens is 2. The molecule has 1 aromatic heterocycles. The van der Waals surface area contributed by atoms with Crippen LogP contribution in [0.5, 0.6) is 0 Å². The quantitative estimate of drug-likeness (QED) is 0.680. The summed E-state index contributed by atoms with van der Waals surface area (Å²) in [7, 11) is -2.63. The molecule has 1 rings (SSSR count). The third kappa shape index (κ3) is 1.98. The molecule has 0 bridgehead atoms. The summed E-state index contributed by atoms with van der Waals surface area (Å²) in [6.45, 7) is 1.75. The molecule has 5 heteroatoms. The molecule has 1 unspecified atom stereocenters. The molecule has 0 saturated carbocycles. The normalized spacial score (nSPS) is 15.8. The minimum absolute atomic E-state index is 0.435. The predicted octanol–water partition coefficient (Wildman–Crippen LogP) is 0.820. The van der Waals surface area contributed by atoms with Gasteiger partial charge in [-0.2, -0.15) is 10.2 Å². The molecule has 0 aliphatic carbocycles. The molecule has 0 aromatic carbocycles. The highest BCUT2D eigenvalue weighted by molar-refractivity contribution is 7.91. The minimum atomic E-state index is -2.63. The molecule has 0 radical (unpaired) electrons. The van der Waals surface area contributed by atoms with Crippen LogP contribution in [-0.4, -0.2) is 20.7 Å². The highest BCUT2D eigenvalue weighted by Gasteiger charge is 2.02. The van der Waals surface area contributed by atoms with Gasteiger partial charge in [0.2, 0.25) is 0 Å². The summed E-state index contributed by atoms with van der Waals surface area (Å²) >= 11 is 0. The molecule has 60 valence electrons. The fourth-order valence-corrected chi connectivity index (χ4v) is 1.31. The van der Waals surface area contributed by atoms with Crippen molar-refractivity contribution in [1.29, 1.82) is 4.78 Å². The van der Waals surface area contributed by atoms with E-state index in [0.717, 1.165) is 0 Å². The van der Waals surface area contributed by atoms with Crippen LogP contribution in [0.1, 0.15) is 5.69 Å². The zero-order valence-corrected chi connectivity index (χ0v) is 7.18. The molecule has 1 N–H and O–H groups in total. The second kappa shape index (κ2) is 2.58. The lowest BCUT2D eigenvalue weighted by Crippen LogP contribution is -1.97. The van der Waals surface area contributed by atoms with Gasteiger partial charge < -0.3 is 0 Å². The van der Waals surface area contributed by atoms with Crippen molar-refractivity contribution in [3.05, 3.63) is 18.0 Å². The van der Waals surface area contributed by atoms with Gasteiger partial charge in [0.15, 0.2) is 0 Å². The van der Waals surface area contributed by atoms with Crippen molar-refractivity contribution in [3.63, 3.8) is 0 Å². The van der Waals surface area contributed by atoms with Crippen LogP contribution in [0, 0.1) is 11.7 Å². The Labute approximate surface area is 65.6 Å². The van der Waals surface area contributed by atoms with Crippen molar-refractivity contribution in [2.45, 2.75) is 11.8 Å². The smallest absolute Gasteiger partial charge is 0.0713 e. The Kier molecular flexibility index (Phi) is 1.90. The van der Waals surface area contributed by atoms with Gasteiger partial charge in [-0.05, 0) is 13.0 Å². The first-order valence-electron chi connectivity index (χ1n) is 3.03. The van der Waals surface area contributed by atoms with Crippen molar-refractivity contribution in [3.8, 4) is 0 Å². The zero-order valence-electron chi connectivity index (χ0n) is 6.37. The van der Waals surface area contributed by atoms with E-state index in [1.165, 1.54) is 12.5 Å². The fraction of sp³-hybridized carbons (Fsp3) is 0.333. The van der Waals surface area contributed by atoms with E-state index in [4.69, 9.17) is 4.78 Å². The van der Waals surface area contributed by atoms with E-state index < -0.39 is 9.73 Å². The van der Waals surface area contributed by atoms with E-state index in [0.29, 0.717) is 10.6 Å². The highest BCUT2D eigenvalue weighted by atomic mass is 32.2. The van der Waals surface area contributed by atoms with Crippen molar-refractivity contribution in [1.82, 2.24) is 10.2 Å². The molecule has 0 amide bonds. The van der Waals surface area contributed by atoms with E-state index in [2.05, 4.69) is 10.2 Å². The van der Waals surface area contributed by atoms with Crippen LogP contribution >= 0.6 is 0 Å². The van der Waals surface area contributed by atoms with E-state index in [1.54, 1.807) is 13.0 Å². The number of hydrogen-bond donors (Lipinski definition) is 1. The van der Waals surface area contributed by atoms with E-state index >= 15 is 0 Å². The Balaban J connectivity index is 3.28. The maximum atomic E-state index is 11.1. The summed E-state index contributed by atoms with van der Waals surface area (Å²) < 4.78 is 18.4. The average molecular weight is 171 g/mol. The third-order valence-electron chi connectivity index (χ3n) is 1.20. The van der Waals surface area contributed by atoms with Crippen molar-refractivity contribution < 1.29 is 4.21 Å². The molecule has 0 fully saturated rings. The Morgan fingerprint density at radius 3 is 2.64 bits per heavy atom. The molecule has 0 aliphatic heterocycles. The van der Waals surface area contributed by atoms with Gasteiger partial charge in [0.25, 0.3) is 0 Å². The Morgan fingerprint density at radius 2 is 2.27 bits per heavy atom. The van der Waals surface area contributed by atoms with Crippen LogP contribution < -0.4 is 0 Å². The van der Waals surface area contributed by atoms with Crippen LogP contribution in [0.15, 0.2) is 17.2 Å². The van der Waals surface area contributed by atoms with E-state index in [-0.39, 0.29) is 0 Å². The van der Waals surface area contributed by atoms with E-state index in [9.17, 15) is 4.21 Å². The number of nitrogens with one attached hydrogen (secondary N) is 1. The molecule has 4 nitrogen and oxygen atoms in total. The molecule has 0 aliphatic rings. The predicted molar refractivity (Wildman–Crippen MR) is 41.8 cm³/mol. The maximum absolute atomic E-state index is 11.1.